The predicted octanol–water partition coefficient (Wildman–Crippen LogP) is 2.15. The quantitative estimate of drug-likeness (QED) is 0.681. The fraction of sp³-hybridized carbons (Fsp3) is 0.400. The maximum Gasteiger partial charge on any atom is 0.121 e. The average molecular weight is 165 g/mol. The SMILES string of the molecule is CCc1cc(OC)cc(N)c1C. The Kier molecular flexibility index (Phi) is 2.58. The van der Waals surface area contributed by atoms with Crippen LogP contribution in [-0.4, -0.2) is 7.11 Å². The van der Waals surface area contributed by atoms with Crippen LogP contribution in [0.15, 0.2) is 12.1 Å². The summed E-state index contributed by atoms with van der Waals surface area (Å²) in [5.74, 6) is 0.843. The second-order valence-electron chi connectivity index (χ2n) is 2.85. The van der Waals surface area contributed by atoms with Crippen LogP contribution in [-0.2, 0) is 6.42 Å². The summed E-state index contributed by atoms with van der Waals surface area (Å²) in [5.41, 5.74) is 9.03. The molecule has 0 aliphatic heterocycles. The smallest absolute Gasteiger partial charge is 0.121 e. The van der Waals surface area contributed by atoms with E-state index in [2.05, 4.69) is 6.92 Å². The van der Waals surface area contributed by atoms with Crippen molar-refractivity contribution in [1.82, 2.24) is 0 Å². The molecule has 0 aromatic heterocycles. The first kappa shape index (κ1) is 8.91. The molecule has 0 atom stereocenters. The van der Waals surface area contributed by atoms with E-state index in [9.17, 15) is 0 Å². The lowest BCUT2D eigenvalue weighted by Crippen LogP contribution is -1.96. The normalized spacial score (nSPS) is 9.92. The largest absolute Gasteiger partial charge is 0.497 e. The minimum atomic E-state index is 0.811. The summed E-state index contributed by atoms with van der Waals surface area (Å²) in [5, 5.41) is 0. The van der Waals surface area contributed by atoms with Crippen LogP contribution in [0.25, 0.3) is 0 Å². The van der Waals surface area contributed by atoms with Crippen LogP contribution in [0.3, 0.4) is 0 Å². The number of anilines is 1. The number of nitrogen functional groups attached to an aromatic ring is 1. The summed E-state index contributed by atoms with van der Waals surface area (Å²) in [6, 6.07) is 3.89. The third-order valence-electron chi connectivity index (χ3n) is 2.15. The van der Waals surface area contributed by atoms with Gasteiger partial charge in [-0.15, -0.1) is 0 Å². The first-order chi connectivity index (χ1) is 5.69. The molecule has 12 heavy (non-hydrogen) atoms. The van der Waals surface area contributed by atoms with Gasteiger partial charge in [0.05, 0.1) is 7.11 Å². The third-order valence-corrected chi connectivity index (χ3v) is 2.15. The van der Waals surface area contributed by atoms with Crippen LogP contribution in [0.5, 0.6) is 5.75 Å². The molecular formula is C10H15NO. The van der Waals surface area contributed by atoms with E-state index in [1.54, 1.807) is 7.11 Å². The monoisotopic (exact) mass is 165 g/mol. The van der Waals surface area contributed by atoms with E-state index in [0.29, 0.717) is 0 Å². The van der Waals surface area contributed by atoms with Gasteiger partial charge in [-0.3, -0.25) is 0 Å². The molecule has 2 heteroatoms. The molecule has 0 saturated carbocycles. The van der Waals surface area contributed by atoms with Crippen molar-refractivity contribution in [2.75, 3.05) is 12.8 Å². The van der Waals surface area contributed by atoms with Crippen LogP contribution in [0.2, 0.25) is 0 Å². The fourth-order valence-corrected chi connectivity index (χ4v) is 1.25. The van der Waals surface area contributed by atoms with Crippen molar-refractivity contribution in [2.24, 2.45) is 0 Å². The highest BCUT2D eigenvalue weighted by Gasteiger charge is 2.02. The molecule has 0 amide bonds. The molecule has 66 valence electrons. The van der Waals surface area contributed by atoms with Gasteiger partial charge in [-0.25, -0.2) is 0 Å². The number of hydrogen-bond acceptors (Lipinski definition) is 2. The van der Waals surface area contributed by atoms with Gasteiger partial charge in [0.2, 0.25) is 0 Å². The lowest BCUT2D eigenvalue weighted by atomic mass is 10.0. The van der Waals surface area contributed by atoms with Crippen molar-refractivity contribution in [2.45, 2.75) is 20.3 Å². The van der Waals surface area contributed by atoms with Crippen molar-refractivity contribution in [3.63, 3.8) is 0 Å². The van der Waals surface area contributed by atoms with Crippen LogP contribution in [0, 0.1) is 6.92 Å². The van der Waals surface area contributed by atoms with Gasteiger partial charge in [0.1, 0.15) is 5.75 Å². The Hall–Kier alpha value is -1.18. The predicted molar refractivity (Wildman–Crippen MR) is 51.5 cm³/mol. The van der Waals surface area contributed by atoms with E-state index in [1.807, 2.05) is 19.1 Å². The lowest BCUT2D eigenvalue weighted by molar-refractivity contribution is 0.414. The molecule has 0 spiro atoms. The third kappa shape index (κ3) is 1.52. The molecule has 0 heterocycles. The highest BCUT2D eigenvalue weighted by atomic mass is 16.5. The number of rotatable bonds is 2. The molecule has 0 bridgehead atoms. The number of benzene rings is 1. The minimum absolute atomic E-state index is 0.811. The molecule has 1 rings (SSSR count). The van der Waals surface area contributed by atoms with Gasteiger partial charge < -0.3 is 10.5 Å². The summed E-state index contributed by atoms with van der Waals surface area (Å²) >= 11 is 0. The van der Waals surface area contributed by atoms with Gasteiger partial charge >= 0.3 is 0 Å². The van der Waals surface area contributed by atoms with Crippen molar-refractivity contribution in [1.29, 1.82) is 0 Å². The maximum atomic E-state index is 5.79. The van der Waals surface area contributed by atoms with Crippen LogP contribution in [0.1, 0.15) is 18.1 Å². The zero-order valence-corrected chi connectivity index (χ0v) is 7.85. The van der Waals surface area contributed by atoms with Crippen molar-refractivity contribution in [3.8, 4) is 5.75 Å². The molecule has 0 unspecified atom stereocenters. The number of methoxy groups -OCH3 is 1. The summed E-state index contributed by atoms with van der Waals surface area (Å²) in [6.45, 7) is 4.15. The Morgan fingerprint density at radius 1 is 1.42 bits per heavy atom. The fourth-order valence-electron chi connectivity index (χ4n) is 1.25. The summed E-state index contributed by atoms with van der Waals surface area (Å²) in [6.07, 6.45) is 0.993. The van der Waals surface area contributed by atoms with E-state index >= 15 is 0 Å². The van der Waals surface area contributed by atoms with Gasteiger partial charge in [0.25, 0.3) is 0 Å². The molecule has 0 radical (unpaired) electrons. The first-order valence-electron chi connectivity index (χ1n) is 4.12. The van der Waals surface area contributed by atoms with Gasteiger partial charge in [0.15, 0.2) is 0 Å². The first-order valence-corrected chi connectivity index (χ1v) is 4.12. The topological polar surface area (TPSA) is 35.2 Å². The molecule has 2 nitrogen and oxygen atoms in total. The zero-order valence-electron chi connectivity index (χ0n) is 7.85. The second kappa shape index (κ2) is 3.48. The Bertz CT molecular complexity index is 281. The van der Waals surface area contributed by atoms with E-state index in [-0.39, 0.29) is 0 Å². The van der Waals surface area contributed by atoms with E-state index in [0.717, 1.165) is 17.9 Å². The van der Waals surface area contributed by atoms with E-state index in [1.165, 1.54) is 11.1 Å². The number of nitrogens with two attached hydrogens (primary N) is 1. The molecule has 1 aromatic carbocycles. The molecule has 2 N–H and O–H groups in total. The van der Waals surface area contributed by atoms with Crippen molar-refractivity contribution in [3.05, 3.63) is 23.3 Å². The van der Waals surface area contributed by atoms with Gasteiger partial charge in [-0.1, -0.05) is 6.92 Å². The van der Waals surface area contributed by atoms with Crippen molar-refractivity contribution < 1.29 is 4.74 Å². The lowest BCUT2D eigenvalue weighted by Gasteiger charge is -2.09. The van der Waals surface area contributed by atoms with Gasteiger partial charge in [0, 0.05) is 11.8 Å². The highest BCUT2D eigenvalue weighted by Crippen LogP contribution is 2.23. The molecule has 0 aliphatic carbocycles. The zero-order chi connectivity index (χ0) is 9.14. The molecule has 0 fully saturated rings. The number of aryl methyl sites for hydroxylation is 1. The van der Waals surface area contributed by atoms with E-state index in [4.69, 9.17) is 10.5 Å². The maximum absolute atomic E-state index is 5.79. The number of hydrogen-bond donors (Lipinski definition) is 1. The highest BCUT2D eigenvalue weighted by molar-refractivity contribution is 5.54. The summed E-state index contributed by atoms with van der Waals surface area (Å²) in [7, 11) is 1.66. The van der Waals surface area contributed by atoms with Crippen LogP contribution >= 0.6 is 0 Å². The Labute approximate surface area is 73.3 Å². The molecule has 0 aliphatic rings. The Morgan fingerprint density at radius 3 is 2.58 bits per heavy atom. The van der Waals surface area contributed by atoms with Crippen LogP contribution in [0.4, 0.5) is 5.69 Å². The summed E-state index contributed by atoms with van der Waals surface area (Å²) in [4.78, 5) is 0. The summed E-state index contributed by atoms with van der Waals surface area (Å²) < 4.78 is 5.11. The molecule has 0 saturated heterocycles. The molecular weight excluding hydrogens is 150 g/mol. The number of ether oxygens (including phenoxy) is 1. The van der Waals surface area contributed by atoms with Gasteiger partial charge in [-0.2, -0.15) is 0 Å². The standard InChI is InChI=1S/C10H15NO/c1-4-8-5-9(12-3)6-10(11)7(8)2/h5-6H,4,11H2,1-3H3. The van der Waals surface area contributed by atoms with Crippen molar-refractivity contribution >= 4 is 5.69 Å². The molecule has 1 aromatic rings. The van der Waals surface area contributed by atoms with E-state index < -0.39 is 0 Å². The second-order valence-corrected chi connectivity index (χ2v) is 2.85. The van der Waals surface area contributed by atoms with Gasteiger partial charge in [-0.05, 0) is 30.5 Å². The average Bonchev–Trinajstić information content (AvgIpc) is 2.09. The Morgan fingerprint density at radius 2 is 2.08 bits per heavy atom. The Balaban J connectivity index is 3.19. The van der Waals surface area contributed by atoms with Crippen LogP contribution < -0.4 is 10.5 Å². The minimum Gasteiger partial charge on any atom is -0.497 e.